The van der Waals surface area contributed by atoms with Gasteiger partial charge in [0, 0.05) is 12.7 Å². The van der Waals surface area contributed by atoms with E-state index in [-0.39, 0.29) is 10.0 Å². The standard InChI is InChI=1S/C11H12O4S2/c1-9(12)16-8-4-6-10-5-2-3-7-11(10)17(13,14)15/h2-7H,8H2,1H3,(H,13,14,15). The van der Waals surface area contributed by atoms with Gasteiger partial charge in [-0.05, 0) is 11.6 Å². The highest BCUT2D eigenvalue weighted by Crippen LogP contribution is 2.16. The summed E-state index contributed by atoms with van der Waals surface area (Å²) in [5, 5.41) is -0.00212. The third-order valence-corrected chi connectivity index (χ3v) is 3.57. The van der Waals surface area contributed by atoms with Crippen molar-refractivity contribution in [1.82, 2.24) is 0 Å². The van der Waals surface area contributed by atoms with Crippen molar-refractivity contribution in [3.63, 3.8) is 0 Å². The first-order valence-electron chi connectivity index (χ1n) is 4.77. The fourth-order valence-corrected chi connectivity index (χ4v) is 2.31. The zero-order valence-corrected chi connectivity index (χ0v) is 10.8. The SMILES string of the molecule is CC(=O)SCC=Cc1ccccc1S(=O)(=O)O. The molecule has 0 aliphatic heterocycles. The quantitative estimate of drug-likeness (QED) is 0.851. The lowest BCUT2D eigenvalue weighted by molar-refractivity contribution is -0.109. The van der Waals surface area contributed by atoms with Crippen molar-refractivity contribution in [3.05, 3.63) is 35.9 Å². The van der Waals surface area contributed by atoms with Gasteiger partial charge in [-0.3, -0.25) is 9.35 Å². The van der Waals surface area contributed by atoms with Crippen LogP contribution >= 0.6 is 11.8 Å². The van der Waals surface area contributed by atoms with E-state index in [1.165, 1.54) is 19.1 Å². The zero-order valence-electron chi connectivity index (χ0n) is 9.16. The van der Waals surface area contributed by atoms with Crippen LogP contribution in [0, 0.1) is 0 Å². The third-order valence-electron chi connectivity index (χ3n) is 1.88. The third kappa shape index (κ3) is 4.72. The first-order valence-corrected chi connectivity index (χ1v) is 7.20. The van der Waals surface area contributed by atoms with E-state index in [4.69, 9.17) is 4.55 Å². The van der Waals surface area contributed by atoms with E-state index in [1.807, 2.05) is 0 Å². The Bertz CT molecular complexity index is 532. The molecule has 0 unspecified atom stereocenters. The molecule has 0 aromatic heterocycles. The molecule has 17 heavy (non-hydrogen) atoms. The van der Waals surface area contributed by atoms with Gasteiger partial charge in [-0.25, -0.2) is 0 Å². The van der Waals surface area contributed by atoms with Gasteiger partial charge in [-0.1, -0.05) is 42.1 Å². The molecule has 4 nitrogen and oxygen atoms in total. The van der Waals surface area contributed by atoms with Gasteiger partial charge in [0.25, 0.3) is 10.1 Å². The Kier molecular flexibility index (Phi) is 4.92. The first kappa shape index (κ1) is 14.0. The molecule has 0 aliphatic carbocycles. The molecule has 0 heterocycles. The van der Waals surface area contributed by atoms with Crippen molar-refractivity contribution in [1.29, 1.82) is 0 Å². The molecule has 1 aromatic carbocycles. The second kappa shape index (κ2) is 6.00. The topological polar surface area (TPSA) is 71.4 Å². The molecule has 0 saturated heterocycles. The molecule has 0 fully saturated rings. The summed E-state index contributed by atoms with van der Waals surface area (Å²) in [4.78, 5) is 10.5. The summed E-state index contributed by atoms with van der Waals surface area (Å²) in [5.41, 5.74) is 0.402. The Morgan fingerprint density at radius 3 is 2.65 bits per heavy atom. The highest BCUT2D eigenvalue weighted by atomic mass is 32.2. The molecule has 0 saturated carbocycles. The van der Waals surface area contributed by atoms with Crippen LogP contribution in [0.1, 0.15) is 12.5 Å². The summed E-state index contributed by atoms with van der Waals surface area (Å²) >= 11 is 1.13. The molecule has 0 radical (unpaired) electrons. The number of carbonyl (C=O) groups is 1. The fraction of sp³-hybridized carbons (Fsp3) is 0.182. The van der Waals surface area contributed by atoms with Crippen LogP contribution in [0.15, 0.2) is 35.2 Å². The van der Waals surface area contributed by atoms with Gasteiger partial charge in [-0.15, -0.1) is 0 Å². The van der Waals surface area contributed by atoms with E-state index in [2.05, 4.69) is 0 Å². The maximum atomic E-state index is 11.1. The van der Waals surface area contributed by atoms with Crippen LogP contribution in [0.5, 0.6) is 0 Å². The number of benzene rings is 1. The van der Waals surface area contributed by atoms with Gasteiger partial charge >= 0.3 is 0 Å². The molecule has 1 rings (SSSR count). The highest BCUT2D eigenvalue weighted by molar-refractivity contribution is 8.13. The highest BCUT2D eigenvalue weighted by Gasteiger charge is 2.12. The van der Waals surface area contributed by atoms with Gasteiger partial charge in [0.1, 0.15) is 4.90 Å². The molecule has 0 aliphatic rings. The van der Waals surface area contributed by atoms with Crippen molar-refractivity contribution in [2.75, 3.05) is 5.75 Å². The van der Waals surface area contributed by atoms with Crippen molar-refractivity contribution < 1.29 is 17.8 Å². The van der Waals surface area contributed by atoms with E-state index in [1.54, 1.807) is 24.3 Å². The summed E-state index contributed by atoms with van der Waals surface area (Å²) in [6, 6.07) is 6.11. The Labute approximate surface area is 104 Å². The van der Waals surface area contributed by atoms with Gasteiger partial charge < -0.3 is 0 Å². The Morgan fingerprint density at radius 1 is 1.41 bits per heavy atom. The van der Waals surface area contributed by atoms with Crippen molar-refractivity contribution >= 4 is 33.1 Å². The molecule has 0 spiro atoms. The van der Waals surface area contributed by atoms with Crippen LogP contribution in [-0.4, -0.2) is 23.8 Å². The van der Waals surface area contributed by atoms with E-state index >= 15 is 0 Å². The smallest absolute Gasteiger partial charge is 0.288 e. The lowest BCUT2D eigenvalue weighted by Gasteiger charge is -2.01. The maximum Gasteiger partial charge on any atom is 0.295 e. The van der Waals surface area contributed by atoms with Crippen LogP contribution in [0.4, 0.5) is 0 Å². The lowest BCUT2D eigenvalue weighted by atomic mass is 10.2. The van der Waals surface area contributed by atoms with Gasteiger partial charge in [0.2, 0.25) is 0 Å². The average Bonchev–Trinajstić information content (AvgIpc) is 2.23. The minimum Gasteiger partial charge on any atom is -0.288 e. The summed E-state index contributed by atoms with van der Waals surface area (Å²) < 4.78 is 31.1. The fourth-order valence-electron chi connectivity index (χ4n) is 1.19. The van der Waals surface area contributed by atoms with E-state index < -0.39 is 10.1 Å². The van der Waals surface area contributed by atoms with Crippen molar-refractivity contribution in [2.24, 2.45) is 0 Å². The van der Waals surface area contributed by atoms with Crippen LogP contribution < -0.4 is 0 Å². The number of hydrogen-bond donors (Lipinski definition) is 1. The second-order valence-electron chi connectivity index (χ2n) is 3.22. The molecule has 1 N–H and O–H groups in total. The molecular weight excluding hydrogens is 260 g/mol. The van der Waals surface area contributed by atoms with Crippen LogP contribution in [-0.2, 0) is 14.9 Å². The Hall–Kier alpha value is -1.11. The summed E-state index contributed by atoms with van der Waals surface area (Å²) in [6.07, 6.45) is 3.25. The average molecular weight is 272 g/mol. The lowest BCUT2D eigenvalue weighted by Crippen LogP contribution is -2.00. The number of rotatable bonds is 4. The van der Waals surface area contributed by atoms with Crippen LogP contribution in [0.2, 0.25) is 0 Å². The minimum atomic E-state index is -4.21. The van der Waals surface area contributed by atoms with Gasteiger partial charge in [0.05, 0.1) is 0 Å². The predicted molar refractivity (Wildman–Crippen MR) is 68.4 cm³/mol. The Balaban J connectivity index is 2.88. The maximum absolute atomic E-state index is 11.1. The molecule has 6 heteroatoms. The minimum absolute atomic E-state index is 0.00212. The monoisotopic (exact) mass is 272 g/mol. The molecule has 92 valence electrons. The Morgan fingerprint density at radius 2 is 2.06 bits per heavy atom. The largest absolute Gasteiger partial charge is 0.295 e. The van der Waals surface area contributed by atoms with Crippen LogP contribution in [0.3, 0.4) is 0 Å². The van der Waals surface area contributed by atoms with E-state index in [9.17, 15) is 13.2 Å². The summed E-state index contributed by atoms with van der Waals surface area (Å²) in [6.45, 7) is 1.46. The zero-order chi connectivity index (χ0) is 12.9. The summed E-state index contributed by atoms with van der Waals surface area (Å²) in [7, 11) is -4.21. The molecule has 1 aromatic rings. The van der Waals surface area contributed by atoms with Gasteiger partial charge in [0.15, 0.2) is 5.12 Å². The number of thioether (sulfide) groups is 1. The van der Waals surface area contributed by atoms with E-state index in [0.29, 0.717) is 11.3 Å². The van der Waals surface area contributed by atoms with Crippen molar-refractivity contribution in [3.8, 4) is 0 Å². The van der Waals surface area contributed by atoms with E-state index in [0.717, 1.165) is 11.8 Å². The molecule has 0 atom stereocenters. The second-order valence-corrected chi connectivity index (χ2v) is 5.80. The molecular formula is C11H12O4S2. The first-order chi connectivity index (χ1) is 7.91. The number of carbonyl (C=O) groups excluding carboxylic acids is 1. The molecule has 0 amide bonds. The molecule has 0 bridgehead atoms. The number of hydrogen-bond acceptors (Lipinski definition) is 4. The predicted octanol–water partition coefficient (Wildman–Crippen LogP) is 2.23. The summed E-state index contributed by atoms with van der Waals surface area (Å²) in [5.74, 6) is 0.467. The van der Waals surface area contributed by atoms with Crippen LogP contribution in [0.25, 0.3) is 6.08 Å². The normalized spacial score (nSPS) is 11.9. The van der Waals surface area contributed by atoms with Gasteiger partial charge in [-0.2, -0.15) is 8.42 Å². The van der Waals surface area contributed by atoms with Crippen molar-refractivity contribution in [2.45, 2.75) is 11.8 Å².